The number of nitrogens with zero attached hydrogens (tertiary/aromatic N) is 2. The predicted octanol–water partition coefficient (Wildman–Crippen LogP) is 4.19. The average Bonchev–Trinajstić information content (AvgIpc) is 3.13. The molecule has 5 nitrogen and oxygen atoms in total. The standard InChI is InChI=1S/C26H24N2O3S2/c1-4-31-25(30)22-17(2)27-26-28(23(22)19-13-15-20(32-3)16-14-19)24(29)21(33-26)12-8-11-18-9-6-5-7-10-18/h5-16,23H,4H2,1-3H3. The lowest BCUT2D eigenvalue weighted by Crippen LogP contribution is -2.39. The van der Waals surface area contributed by atoms with Gasteiger partial charge in [-0.2, -0.15) is 0 Å². The van der Waals surface area contributed by atoms with Gasteiger partial charge >= 0.3 is 5.97 Å². The van der Waals surface area contributed by atoms with Crippen LogP contribution < -0.4 is 14.9 Å². The Morgan fingerprint density at radius 3 is 2.58 bits per heavy atom. The minimum atomic E-state index is -0.587. The van der Waals surface area contributed by atoms with Crippen molar-refractivity contribution in [1.29, 1.82) is 0 Å². The Balaban J connectivity index is 1.85. The van der Waals surface area contributed by atoms with Crippen LogP contribution in [0.15, 0.2) is 86.6 Å². The zero-order chi connectivity index (χ0) is 23.4. The largest absolute Gasteiger partial charge is 0.463 e. The molecule has 1 unspecified atom stereocenters. The molecule has 168 valence electrons. The summed E-state index contributed by atoms with van der Waals surface area (Å²) in [5, 5.41) is 0. The van der Waals surface area contributed by atoms with Crippen molar-refractivity contribution >= 4 is 41.2 Å². The molecule has 1 aliphatic heterocycles. The molecule has 0 saturated carbocycles. The maximum absolute atomic E-state index is 13.5. The zero-order valence-corrected chi connectivity index (χ0v) is 20.3. The monoisotopic (exact) mass is 476 g/mol. The minimum absolute atomic E-state index is 0.176. The molecule has 0 N–H and O–H groups in total. The van der Waals surface area contributed by atoms with Crippen molar-refractivity contribution in [1.82, 2.24) is 4.57 Å². The summed E-state index contributed by atoms with van der Waals surface area (Å²) in [7, 11) is 0. The highest BCUT2D eigenvalue weighted by atomic mass is 32.2. The highest BCUT2D eigenvalue weighted by molar-refractivity contribution is 7.98. The van der Waals surface area contributed by atoms with E-state index in [0.29, 0.717) is 20.6 Å². The van der Waals surface area contributed by atoms with Crippen molar-refractivity contribution in [2.75, 3.05) is 12.9 Å². The van der Waals surface area contributed by atoms with Crippen LogP contribution in [-0.2, 0) is 9.53 Å². The Hall–Kier alpha value is -3.16. The van der Waals surface area contributed by atoms with Gasteiger partial charge in [0.15, 0.2) is 4.80 Å². The summed E-state index contributed by atoms with van der Waals surface area (Å²) in [5.74, 6) is -0.448. The van der Waals surface area contributed by atoms with Gasteiger partial charge in [-0.25, -0.2) is 9.79 Å². The molecule has 0 radical (unpaired) electrons. The van der Waals surface area contributed by atoms with E-state index in [2.05, 4.69) is 4.99 Å². The first-order chi connectivity index (χ1) is 16.0. The fraction of sp³-hybridized carbons (Fsp3) is 0.192. The second-order valence-corrected chi connectivity index (χ2v) is 9.26. The molecule has 1 atom stereocenters. The van der Waals surface area contributed by atoms with Crippen molar-refractivity contribution in [2.45, 2.75) is 24.8 Å². The molecule has 0 aliphatic carbocycles. The number of thiazole rings is 1. The molecular formula is C26H24N2O3S2. The number of carbonyl (C=O) groups excluding carboxylic acids is 1. The number of esters is 1. The summed E-state index contributed by atoms with van der Waals surface area (Å²) in [4.78, 5) is 32.6. The van der Waals surface area contributed by atoms with E-state index >= 15 is 0 Å². The topological polar surface area (TPSA) is 60.7 Å². The summed E-state index contributed by atoms with van der Waals surface area (Å²) in [6.45, 7) is 3.81. The predicted molar refractivity (Wildman–Crippen MR) is 135 cm³/mol. The van der Waals surface area contributed by atoms with Crippen LogP contribution in [0.1, 0.15) is 31.0 Å². The van der Waals surface area contributed by atoms with Gasteiger partial charge in [0.05, 0.1) is 28.5 Å². The Morgan fingerprint density at radius 1 is 1.18 bits per heavy atom. The third kappa shape index (κ3) is 4.79. The molecule has 0 amide bonds. The van der Waals surface area contributed by atoms with Crippen LogP contribution in [0.4, 0.5) is 0 Å². The van der Waals surface area contributed by atoms with Gasteiger partial charge in [-0.15, -0.1) is 11.8 Å². The third-order valence-corrected chi connectivity index (χ3v) is 7.03. The molecule has 0 spiro atoms. The number of carbonyl (C=O) groups is 1. The van der Waals surface area contributed by atoms with E-state index in [0.717, 1.165) is 16.0 Å². The zero-order valence-electron chi connectivity index (χ0n) is 18.6. The SMILES string of the molecule is CCOC(=O)C1=C(C)N=c2sc(=CC=Cc3ccccc3)c(=O)n2C1c1ccc(SC)cc1. The van der Waals surface area contributed by atoms with Crippen LogP contribution in [-0.4, -0.2) is 23.4 Å². The number of benzene rings is 2. The number of fused-ring (bicyclic) bond motifs is 1. The minimum Gasteiger partial charge on any atom is -0.463 e. The Bertz CT molecular complexity index is 1400. The maximum atomic E-state index is 13.5. The highest BCUT2D eigenvalue weighted by Gasteiger charge is 2.33. The molecule has 2 heterocycles. The smallest absolute Gasteiger partial charge is 0.338 e. The van der Waals surface area contributed by atoms with Gasteiger partial charge < -0.3 is 4.74 Å². The number of thioether (sulfide) groups is 1. The van der Waals surface area contributed by atoms with Gasteiger partial charge in [-0.3, -0.25) is 9.36 Å². The highest BCUT2D eigenvalue weighted by Crippen LogP contribution is 2.31. The van der Waals surface area contributed by atoms with Crippen LogP contribution >= 0.6 is 23.1 Å². The normalized spacial score (nSPS) is 16.1. The van der Waals surface area contributed by atoms with Crippen LogP contribution in [0, 0.1) is 0 Å². The lowest BCUT2D eigenvalue weighted by Gasteiger charge is -2.24. The van der Waals surface area contributed by atoms with E-state index in [-0.39, 0.29) is 12.2 Å². The van der Waals surface area contributed by atoms with Gasteiger partial charge in [0.2, 0.25) is 0 Å². The van der Waals surface area contributed by atoms with Gasteiger partial charge in [0.25, 0.3) is 5.56 Å². The maximum Gasteiger partial charge on any atom is 0.338 e. The number of aromatic nitrogens is 1. The van der Waals surface area contributed by atoms with Gasteiger partial charge in [0, 0.05) is 4.90 Å². The van der Waals surface area contributed by atoms with Crippen LogP contribution in [0.25, 0.3) is 12.2 Å². The number of allylic oxidation sites excluding steroid dienone is 2. The van der Waals surface area contributed by atoms with Gasteiger partial charge in [-0.1, -0.05) is 66.0 Å². The second-order valence-electron chi connectivity index (χ2n) is 7.37. The van der Waals surface area contributed by atoms with Crippen molar-refractivity contribution < 1.29 is 9.53 Å². The molecule has 3 aromatic rings. The van der Waals surface area contributed by atoms with E-state index in [4.69, 9.17) is 4.74 Å². The van der Waals surface area contributed by atoms with Crippen molar-refractivity contribution in [3.05, 3.63) is 103 Å². The Morgan fingerprint density at radius 2 is 1.91 bits per heavy atom. The quantitative estimate of drug-likeness (QED) is 0.396. The fourth-order valence-electron chi connectivity index (χ4n) is 3.72. The number of ether oxygens (including phenoxy) is 1. The van der Waals surface area contributed by atoms with E-state index in [1.165, 1.54) is 11.3 Å². The fourth-order valence-corrected chi connectivity index (χ4v) is 5.12. The van der Waals surface area contributed by atoms with Crippen molar-refractivity contribution in [3.8, 4) is 0 Å². The van der Waals surface area contributed by atoms with E-state index in [9.17, 15) is 9.59 Å². The summed E-state index contributed by atoms with van der Waals surface area (Å²) in [5.41, 5.74) is 2.68. The molecule has 4 rings (SSSR count). The number of rotatable bonds is 6. The summed E-state index contributed by atoms with van der Waals surface area (Å²) >= 11 is 2.96. The lowest BCUT2D eigenvalue weighted by atomic mass is 9.96. The number of hydrogen-bond acceptors (Lipinski definition) is 6. The van der Waals surface area contributed by atoms with Crippen LogP contribution in [0.5, 0.6) is 0 Å². The second kappa shape index (κ2) is 10.2. The van der Waals surface area contributed by atoms with Gasteiger partial charge in [-0.05, 0) is 49.4 Å². The summed E-state index contributed by atoms with van der Waals surface area (Å²) < 4.78 is 7.50. The molecule has 0 fully saturated rings. The van der Waals surface area contributed by atoms with E-state index in [1.54, 1.807) is 36.3 Å². The molecule has 7 heteroatoms. The average molecular weight is 477 g/mol. The first kappa shape index (κ1) is 23.0. The first-order valence-electron chi connectivity index (χ1n) is 10.6. The van der Waals surface area contributed by atoms with E-state index in [1.807, 2.05) is 73.0 Å². The lowest BCUT2D eigenvalue weighted by molar-refractivity contribution is -0.139. The van der Waals surface area contributed by atoms with Crippen molar-refractivity contribution in [2.24, 2.45) is 4.99 Å². The molecule has 1 aliphatic rings. The molecule has 33 heavy (non-hydrogen) atoms. The molecule has 0 bridgehead atoms. The van der Waals surface area contributed by atoms with Crippen LogP contribution in [0.2, 0.25) is 0 Å². The first-order valence-corrected chi connectivity index (χ1v) is 12.6. The molecule has 1 aromatic heterocycles. The molecular weight excluding hydrogens is 452 g/mol. The Kier molecular flexibility index (Phi) is 7.11. The number of hydrogen-bond donors (Lipinski definition) is 0. The summed E-state index contributed by atoms with van der Waals surface area (Å²) in [6.07, 6.45) is 7.62. The van der Waals surface area contributed by atoms with Crippen LogP contribution in [0.3, 0.4) is 0 Å². The van der Waals surface area contributed by atoms with Crippen molar-refractivity contribution in [3.63, 3.8) is 0 Å². The summed E-state index contributed by atoms with van der Waals surface area (Å²) in [6, 6.07) is 17.2. The Labute approximate surface area is 200 Å². The van der Waals surface area contributed by atoms with E-state index < -0.39 is 12.0 Å². The third-order valence-electron chi connectivity index (χ3n) is 5.28. The van der Waals surface area contributed by atoms with Gasteiger partial charge in [0.1, 0.15) is 0 Å². The molecule has 2 aromatic carbocycles. The molecule has 0 saturated heterocycles.